The van der Waals surface area contributed by atoms with E-state index in [1.54, 1.807) is 17.4 Å². The van der Waals surface area contributed by atoms with Crippen molar-refractivity contribution in [2.24, 2.45) is 0 Å². The van der Waals surface area contributed by atoms with Gasteiger partial charge in [-0.3, -0.25) is 4.90 Å². The zero-order valence-electron chi connectivity index (χ0n) is 13.2. The van der Waals surface area contributed by atoms with Crippen LogP contribution in [0.5, 0.6) is 0 Å². The summed E-state index contributed by atoms with van der Waals surface area (Å²) in [7, 11) is 0. The number of benzene rings is 1. The van der Waals surface area contributed by atoms with Crippen molar-refractivity contribution in [2.75, 3.05) is 6.54 Å². The molecule has 3 heterocycles. The van der Waals surface area contributed by atoms with Gasteiger partial charge in [0.1, 0.15) is 0 Å². The van der Waals surface area contributed by atoms with Crippen LogP contribution in [0, 0.1) is 0 Å². The van der Waals surface area contributed by atoms with Gasteiger partial charge < -0.3 is 10.1 Å². The number of carboxylic acids is 1. The molecule has 0 amide bonds. The van der Waals surface area contributed by atoms with Gasteiger partial charge in [0.25, 0.3) is 0 Å². The molecular formula is C19H18N2O2S. The molecule has 1 aliphatic rings. The Kier molecular flexibility index (Phi) is 3.96. The molecule has 2 N–H and O–H groups in total. The lowest BCUT2D eigenvalue weighted by Crippen LogP contribution is -2.29. The van der Waals surface area contributed by atoms with Crippen molar-refractivity contribution in [3.63, 3.8) is 0 Å². The first-order valence-electron chi connectivity index (χ1n) is 7.99. The van der Waals surface area contributed by atoms with Gasteiger partial charge in [-0.1, -0.05) is 18.2 Å². The molecule has 0 saturated carbocycles. The lowest BCUT2D eigenvalue weighted by molar-refractivity contribution is -0.131. The Hall–Kier alpha value is -2.37. The number of hydrogen-bond acceptors (Lipinski definition) is 3. The van der Waals surface area contributed by atoms with E-state index >= 15 is 0 Å². The van der Waals surface area contributed by atoms with Gasteiger partial charge in [-0.15, -0.1) is 11.3 Å². The standard InChI is InChI=1S/C19H18N2O2S/c22-19(23)8-7-13-5-6-14(24-13)11-21-10-9-16-15-3-1-2-4-17(15)20-18(16)12-21/h1-8,20H,9-12H2,(H,22,23)/b8-7+. The van der Waals surface area contributed by atoms with E-state index in [2.05, 4.69) is 40.2 Å². The average molecular weight is 338 g/mol. The monoisotopic (exact) mass is 338 g/mol. The Morgan fingerprint density at radius 2 is 2.17 bits per heavy atom. The smallest absolute Gasteiger partial charge is 0.328 e. The summed E-state index contributed by atoms with van der Waals surface area (Å²) in [5, 5.41) is 10.1. The van der Waals surface area contributed by atoms with Crippen LogP contribution in [0.3, 0.4) is 0 Å². The van der Waals surface area contributed by atoms with Gasteiger partial charge in [0.15, 0.2) is 0 Å². The number of fused-ring (bicyclic) bond motifs is 3. The molecule has 5 heteroatoms. The number of H-pyrrole nitrogens is 1. The summed E-state index contributed by atoms with van der Waals surface area (Å²) < 4.78 is 0. The van der Waals surface area contributed by atoms with Crippen molar-refractivity contribution >= 4 is 34.3 Å². The minimum atomic E-state index is -0.910. The van der Waals surface area contributed by atoms with Gasteiger partial charge in [-0.25, -0.2) is 4.79 Å². The topological polar surface area (TPSA) is 56.3 Å². The van der Waals surface area contributed by atoms with Crippen molar-refractivity contribution in [1.29, 1.82) is 0 Å². The molecule has 4 nitrogen and oxygen atoms in total. The van der Waals surface area contributed by atoms with Crippen LogP contribution >= 0.6 is 11.3 Å². The molecule has 0 atom stereocenters. The van der Waals surface area contributed by atoms with Crippen molar-refractivity contribution in [3.8, 4) is 0 Å². The fourth-order valence-electron chi connectivity index (χ4n) is 3.33. The number of carbonyl (C=O) groups is 1. The summed E-state index contributed by atoms with van der Waals surface area (Å²) in [5.41, 5.74) is 4.00. The van der Waals surface area contributed by atoms with E-state index in [4.69, 9.17) is 5.11 Å². The molecule has 0 aliphatic carbocycles. The Balaban J connectivity index is 1.48. The predicted octanol–water partition coefficient (Wildman–Crippen LogP) is 3.89. The van der Waals surface area contributed by atoms with Crippen LogP contribution in [-0.4, -0.2) is 27.5 Å². The lowest BCUT2D eigenvalue weighted by Gasteiger charge is -2.26. The third-order valence-electron chi connectivity index (χ3n) is 4.41. The molecule has 0 spiro atoms. The largest absolute Gasteiger partial charge is 0.478 e. The summed E-state index contributed by atoms with van der Waals surface area (Å²) >= 11 is 1.65. The van der Waals surface area contributed by atoms with E-state index in [-0.39, 0.29) is 0 Å². The highest BCUT2D eigenvalue weighted by Crippen LogP contribution is 2.29. The highest BCUT2D eigenvalue weighted by atomic mass is 32.1. The van der Waals surface area contributed by atoms with Crippen LogP contribution in [0.2, 0.25) is 0 Å². The number of rotatable bonds is 4. The molecule has 0 fully saturated rings. The van der Waals surface area contributed by atoms with E-state index in [9.17, 15) is 4.79 Å². The average Bonchev–Trinajstić information content (AvgIpc) is 3.16. The Labute approximate surface area is 144 Å². The summed E-state index contributed by atoms with van der Waals surface area (Å²) in [6, 6.07) is 12.6. The summed E-state index contributed by atoms with van der Waals surface area (Å²) in [5.74, 6) is -0.910. The van der Waals surface area contributed by atoms with Gasteiger partial charge in [0, 0.05) is 52.1 Å². The van der Waals surface area contributed by atoms with Crippen LogP contribution in [0.1, 0.15) is 21.0 Å². The van der Waals surface area contributed by atoms with Crippen LogP contribution in [0.15, 0.2) is 42.5 Å². The molecule has 0 saturated heterocycles. The third-order valence-corrected chi connectivity index (χ3v) is 5.45. The van der Waals surface area contributed by atoms with E-state index in [1.165, 1.54) is 33.1 Å². The van der Waals surface area contributed by atoms with E-state index in [1.807, 2.05) is 6.07 Å². The van der Waals surface area contributed by atoms with E-state index in [0.717, 1.165) is 30.9 Å². The quantitative estimate of drug-likeness (QED) is 0.710. The number of para-hydroxylation sites is 1. The molecular weight excluding hydrogens is 320 g/mol. The summed E-state index contributed by atoms with van der Waals surface area (Å²) in [6.45, 7) is 2.88. The van der Waals surface area contributed by atoms with E-state index < -0.39 is 5.97 Å². The molecule has 2 aromatic heterocycles. The second-order valence-electron chi connectivity index (χ2n) is 6.06. The first-order chi connectivity index (χ1) is 11.7. The molecule has 4 rings (SSSR count). The SMILES string of the molecule is O=C(O)/C=C/c1ccc(CN2CCc3c([nH]c4ccccc34)C2)s1. The third kappa shape index (κ3) is 3.00. The van der Waals surface area contributed by atoms with Crippen molar-refractivity contribution < 1.29 is 9.90 Å². The number of thiophene rings is 1. The summed E-state index contributed by atoms with van der Waals surface area (Å²) in [4.78, 5) is 18.8. The Morgan fingerprint density at radius 3 is 3.04 bits per heavy atom. The number of hydrogen-bond donors (Lipinski definition) is 2. The zero-order chi connectivity index (χ0) is 16.5. The van der Waals surface area contributed by atoms with Crippen LogP contribution in [0.4, 0.5) is 0 Å². The molecule has 0 radical (unpaired) electrons. The Morgan fingerprint density at radius 1 is 1.29 bits per heavy atom. The van der Waals surface area contributed by atoms with Crippen LogP contribution in [-0.2, 0) is 24.3 Å². The second-order valence-corrected chi connectivity index (χ2v) is 7.26. The first kappa shape index (κ1) is 15.2. The van der Waals surface area contributed by atoms with Gasteiger partial charge in [-0.05, 0) is 36.3 Å². The van der Waals surface area contributed by atoms with E-state index in [0.29, 0.717) is 0 Å². The number of aromatic nitrogens is 1. The number of aromatic amines is 1. The minimum absolute atomic E-state index is 0.903. The minimum Gasteiger partial charge on any atom is -0.478 e. The number of nitrogens with zero attached hydrogens (tertiary/aromatic N) is 1. The number of carboxylic acid groups (broad SMARTS) is 1. The van der Waals surface area contributed by atoms with Gasteiger partial charge in [0.05, 0.1) is 0 Å². The Bertz CT molecular complexity index is 922. The normalized spacial score (nSPS) is 15.2. The maximum Gasteiger partial charge on any atom is 0.328 e. The maximum absolute atomic E-state index is 10.6. The molecule has 1 aromatic carbocycles. The van der Waals surface area contributed by atoms with Crippen molar-refractivity contribution in [2.45, 2.75) is 19.5 Å². The van der Waals surface area contributed by atoms with Gasteiger partial charge >= 0.3 is 5.97 Å². The number of nitrogens with one attached hydrogen (secondary N) is 1. The predicted molar refractivity (Wildman–Crippen MR) is 97.1 cm³/mol. The van der Waals surface area contributed by atoms with Crippen molar-refractivity contribution in [1.82, 2.24) is 9.88 Å². The molecule has 0 bridgehead atoms. The lowest BCUT2D eigenvalue weighted by atomic mass is 10.0. The number of aliphatic carboxylic acids is 1. The van der Waals surface area contributed by atoms with Crippen molar-refractivity contribution in [3.05, 3.63) is 63.5 Å². The molecule has 122 valence electrons. The first-order valence-corrected chi connectivity index (χ1v) is 8.81. The second kappa shape index (κ2) is 6.26. The fraction of sp³-hybridized carbons (Fsp3) is 0.211. The molecule has 24 heavy (non-hydrogen) atoms. The molecule has 1 aliphatic heterocycles. The molecule has 3 aromatic rings. The highest BCUT2D eigenvalue weighted by Gasteiger charge is 2.20. The fourth-order valence-corrected chi connectivity index (χ4v) is 4.28. The maximum atomic E-state index is 10.6. The van der Waals surface area contributed by atoms with Crippen LogP contribution in [0.25, 0.3) is 17.0 Å². The molecule has 0 unspecified atom stereocenters. The van der Waals surface area contributed by atoms with Gasteiger partial charge in [-0.2, -0.15) is 0 Å². The van der Waals surface area contributed by atoms with Gasteiger partial charge in [0.2, 0.25) is 0 Å². The zero-order valence-corrected chi connectivity index (χ0v) is 14.0. The summed E-state index contributed by atoms with van der Waals surface area (Å²) in [6.07, 6.45) is 3.91. The van der Waals surface area contributed by atoms with Crippen LogP contribution < -0.4 is 0 Å². The highest BCUT2D eigenvalue weighted by molar-refractivity contribution is 7.12.